The summed E-state index contributed by atoms with van der Waals surface area (Å²) in [6.07, 6.45) is 0.633. The average Bonchev–Trinajstić information content (AvgIpc) is 2.90. The first-order valence-electron chi connectivity index (χ1n) is 10.8. The third-order valence-corrected chi connectivity index (χ3v) is 7.37. The average molecular weight is 494 g/mol. The monoisotopic (exact) mass is 493 g/mol. The fourth-order valence-electron chi connectivity index (χ4n) is 3.63. The maximum absolute atomic E-state index is 13.0. The molecule has 180 valence electrons. The summed E-state index contributed by atoms with van der Waals surface area (Å²) in [6, 6.07) is 21.4. The number of ether oxygens (including phenoxy) is 1. The number of carbonyl (C=O) groups is 3. The third kappa shape index (κ3) is 5.73. The molecule has 0 radical (unpaired) electrons. The number of nitrogens with one attached hydrogen (secondary N) is 2. The molecule has 1 aliphatic heterocycles. The van der Waals surface area contributed by atoms with Gasteiger partial charge in [-0.05, 0) is 53.9 Å². The molecule has 0 fully saturated rings. The van der Waals surface area contributed by atoms with Crippen LogP contribution in [0, 0.1) is 0 Å². The number of amides is 2. The van der Waals surface area contributed by atoms with E-state index in [-0.39, 0.29) is 17.0 Å². The largest absolute Gasteiger partial charge is 0.452 e. The molecule has 2 amide bonds. The van der Waals surface area contributed by atoms with Crippen molar-refractivity contribution in [3.05, 3.63) is 101 Å². The van der Waals surface area contributed by atoms with E-state index in [1.54, 1.807) is 30.3 Å². The van der Waals surface area contributed by atoms with Crippen LogP contribution in [0.3, 0.4) is 0 Å². The van der Waals surface area contributed by atoms with Crippen molar-refractivity contribution in [2.24, 2.45) is 0 Å². The number of nitrogens with zero attached hydrogens (tertiary/aromatic N) is 1. The zero-order valence-electron chi connectivity index (χ0n) is 18.6. The number of hydrazine groups is 1. The predicted molar refractivity (Wildman–Crippen MR) is 127 cm³/mol. The highest BCUT2D eigenvalue weighted by molar-refractivity contribution is 7.89. The van der Waals surface area contributed by atoms with E-state index in [4.69, 9.17) is 4.74 Å². The lowest BCUT2D eigenvalue weighted by Crippen LogP contribution is -2.43. The second-order valence-corrected chi connectivity index (χ2v) is 9.76. The molecule has 1 heterocycles. The Hall–Kier alpha value is -4.02. The molecule has 35 heavy (non-hydrogen) atoms. The zero-order valence-corrected chi connectivity index (χ0v) is 19.5. The van der Waals surface area contributed by atoms with Crippen LogP contribution < -0.4 is 10.9 Å². The quantitative estimate of drug-likeness (QED) is 0.400. The van der Waals surface area contributed by atoms with Gasteiger partial charge in [0.05, 0.1) is 10.5 Å². The topological polar surface area (TPSA) is 122 Å². The van der Waals surface area contributed by atoms with Crippen LogP contribution in [0.5, 0.6) is 0 Å². The van der Waals surface area contributed by atoms with Gasteiger partial charge in [0.2, 0.25) is 10.0 Å². The van der Waals surface area contributed by atoms with Crippen LogP contribution in [0.4, 0.5) is 0 Å². The highest BCUT2D eigenvalue weighted by atomic mass is 32.2. The Bertz CT molecular complexity index is 1340. The summed E-state index contributed by atoms with van der Waals surface area (Å²) in [6.45, 7) is 0.0401. The predicted octanol–water partition coefficient (Wildman–Crippen LogP) is 2.05. The molecule has 0 atom stereocenters. The Balaban J connectivity index is 1.30. The van der Waals surface area contributed by atoms with Gasteiger partial charge in [0.25, 0.3) is 11.8 Å². The number of fused-ring (bicyclic) bond motifs is 1. The summed E-state index contributed by atoms with van der Waals surface area (Å²) in [5.74, 6) is -2.04. The van der Waals surface area contributed by atoms with E-state index in [0.717, 1.165) is 11.1 Å². The lowest BCUT2D eigenvalue weighted by molar-refractivity contribution is -0.125. The van der Waals surface area contributed by atoms with E-state index in [9.17, 15) is 22.8 Å². The maximum atomic E-state index is 13.0. The van der Waals surface area contributed by atoms with Crippen molar-refractivity contribution in [2.45, 2.75) is 17.9 Å². The minimum Gasteiger partial charge on any atom is -0.452 e. The summed E-state index contributed by atoms with van der Waals surface area (Å²) in [5, 5.41) is 0. The molecule has 0 saturated carbocycles. The van der Waals surface area contributed by atoms with Crippen LogP contribution in [0.2, 0.25) is 0 Å². The van der Waals surface area contributed by atoms with Gasteiger partial charge in [0.15, 0.2) is 6.61 Å². The molecule has 3 aromatic carbocycles. The molecule has 0 saturated heterocycles. The molecule has 0 spiro atoms. The summed E-state index contributed by atoms with van der Waals surface area (Å²) in [7, 11) is -3.73. The van der Waals surface area contributed by atoms with Crippen LogP contribution in [0.25, 0.3) is 0 Å². The molecule has 9 nitrogen and oxygen atoms in total. The van der Waals surface area contributed by atoms with Crippen molar-refractivity contribution < 1.29 is 27.5 Å². The van der Waals surface area contributed by atoms with E-state index in [1.165, 1.54) is 28.6 Å². The summed E-state index contributed by atoms with van der Waals surface area (Å²) < 4.78 is 32.5. The molecule has 0 bridgehead atoms. The van der Waals surface area contributed by atoms with Crippen molar-refractivity contribution in [3.63, 3.8) is 0 Å². The summed E-state index contributed by atoms with van der Waals surface area (Å²) in [5.41, 5.74) is 6.94. The molecule has 0 aliphatic carbocycles. The number of esters is 1. The first-order chi connectivity index (χ1) is 16.8. The molecule has 3 aromatic rings. The molecule has 4 rings (SSSR count). The fraction of sp³-hybridized carbons (Fsp3) is 0.160. The number of benzene rings is 3. The van der Waals surface area contributed by atoms with Crippen LogP contribution in [-0.4, -0.2) is 43.7 Å². The van der Waals surface area contributed by atoms with Gasteiger partial charge in [0, 0.05) is 18.7 Å². The van der Waals surface area contributed by atoms with Crippen LogP contribution in [0.15, 0.2) is 83.8 Å². The molecule has 2 N–H and O–H groups in total. The number of hydrogen-bond donors (Lipinski definition) is 2. The van der Waals surface area contributed by atoms with Gasteiger partial charge in [0.1, 0.15) is 0 Å². The van der Waals surface area contributed by atoms with Crippen molar-refractivity contribution in [1.82, 2.24) is 15.2 Å². The van der Waals surface area contributed by atoms with Crippen molar-refractivity contribution in [1.29, 1.82) is 0 Å². The van der Waals surface area contributed by atoms with Crippen LogP contribution >= 0.6 is 0 Å². The number of sulfonamides is 1. The van der Waals surface area contributed by atoms with Crippen molar-refractivity contribution >= 4 is 27.8 Å². The fourth-order valence-corrected chi connectivity index (χ4v) is 5.04. The molecular weight excluding hydrogens is 470 g/mol. The Morgan fingerprint density at radius 2 is 1.46 bits per heavy atom. The number of carbonyl (C=O) groups excluding carboxylic acids is 3. The first kappa shape index (κ1) is 24.1. The SMILES string of the molecule is O=C(COC(=O)c1ccc(S(=O)(=O)N2CCc3ccccc3C2)cc1)NNC(=O)c1ccccc1. The standard InChI is InChI=1S/C25H23N3O6S/c29-23(26-27-24(30)19-7-2-1-3-8-19)17-34-25(31)20-10-12-22(13-11-20)35(32,33)28-15-14-18-6-4-5-9-21(18)16-28/h1-13H,14-17H2,(H,26,29)(H,27,30). The number of hydrogen-bond acceptors (Lipinski definition) is 6. The van der Waals surface area contributed by atoms with E-state index in [0.29, 0.717) is 18.5 Å². The first-order valence-corrected chi connectivity index (χ1v) is 12.3. The van der Waals surface area contributed by atoms with Gasteiger partial charge in [-0.3, -0.25) is 20.4 Å². The van der Waals surface area contributed by atoms with Gasteiger partial charge in [-0.1, -0.05) is 42.5 Å². The molecule has 10 heteroatoms. The van der Waals surface area contributed by atoms with Crippen molar-refractivity contribution in [3.8, 4) is 0 Å². The Morgan fingerprint density at radius 1 is 0.800 bits per heavy atom. The van der Waals surface area contributed by atoms with Gasteiger partial charge < -0.3 is 4.74 Å². The van der Waals surface area contributed by atoms with Crippen LogP contribution in [0.1, 0.15) is 31.8 Å². The summed E-state index contributed by atoms with van der Waals surface area (Å²) >= 11 is 0. The van der Waals surface area contributed by atoms with Gasteiger partial charge in [-0.2, -0.15) is 4.31 Å². The van der Waals surface area contributed by atoms with Gasteiger partial charge in [-0.15, -0.1) is 0 Å². The minimum atomic E-state index is -3.73. The number of rotatable bonds is 6. The maximum Gasteiger partial charge on any atom is 0.338 e. The smallest absolute Gasteiger partial charge is 0.338 e. The Morgan fingerprint density at radius 3 is 2.17 bits per heavy atom. The molecule has 1 aliphatic rings. The molecule has 0 aromatic heterocycles. The Kier molecular flexibility index (Phi) is 7.23. The van der Waals surface area contributed by atoms with E-state index >= 15 is 0 Å². The Labute approximate surface area is 202 Å². The zero-order chi connectivity index (χ0) is 24.8. The molecular formula is C25H23N3O6S. The van der Waals surface area contributed by atoms with E-state index < -0.39 is 34.4 Å². The van der Waals surface area contributed by atoms with E-state index in [2.05, 4.69) is 10.9 Å². The van der Waals surface area contributed by atoms with Gasteiger partial charge >= 0.3 is 5.97 Å². The van der Waals surface area contributed by atoms with E-state index in [1.807, 2.05) is 24.3 Å². The van der Waals surface area contributed by atoms with Crippen molar-refractivity contribution in [2.75, 3.05) is 13.2 Å². The second kappa shape index (κ2) is 10.5. The minimum absolute atomic E-state index is 0.0646. The summed E-state index contributed by atoms with van der Waals surface area (Å²) in [4.78, 5) is 36.1. The molecule has 0 unspecified atom stereocenters. The highest BCUT2D eigenvalue weighted by Gasteiger charge is 2.28. The lowest BCUT2D eigenvalue weighted by atomic mass is 10.0. The lowest BCUT2D eigenvalue weighted by Gasteiger charge is -2.28. The third-order valence-electron chi connectivity index (χ3n) is 5.51. The van der Waals surface area contributed by atoms with Crippen LogP contribution in [-0.2, 0) is 32.5 Å². The highest BCUT2D eigenvalue weighted by Crippen LogP contribution is 2.25. The second-order valence-electron chi connectivity index (χ2n) is 7.83. The normalized spacial score (nSPS) is 13.4. The van der Waals surface area contributed by atoms with Gasteiger partial charge in [-0.25, -0.2) is 13.2 Å².